The number of rotatable bonds is 4. The molecule has 2 fully saturated rings. The number of fused-ring (bicyclic) bond motifs is 1. The van der Waals surface area contributed by atoms with Crippen molar-refractivity contribution in [3.05, 3.63) is 66.2 Å². The third kappa shape index (κ3) is 3.84. The third-order valence-electron chi connectivity index (χ3n) is 6.64. The van der Waals surface area contributed by atoms with E-state index in [2.05, 4.69) is 0 Å². The summed E-state index contributed by atoms with van der Waals surface area (Å²) in [5, 5.41) is 0. The van der Waals surface area contributed by atoms with E-state index in [0.29, 0.717) is 18.5 Å². The number of amides is 3. The SMILES string of the molecule is CC1=CC[C@@H]2C(=O)N(c3cccc(OC(=O)[C@@H]4CC(=O)N(c5ccccc5)C4)c3)C(=O)[C@@H]2C1. The Balaban J connectivity index is 1.29. The largest absolute Gasteiger partial charge is 0.426 e. The van der Waals surface area contributed by atoms with Crippen molar-refractivity contribution in [1.29, 1.82) is 0 Å². The highest BCUT2D eigenvalue weighted by Crippen LogP contribution is 2.40. The Bertz CT molecular complexity index is 1170. The molecule has 0 aromatic heterocycles. The van der Waals surface area contributed by atoms with Crippen LogP contribution in [0.2, 0.25) is 0 Å². The van der Waals surface area contributed by atoms with Gasteiger partial charge in [0.25, 0.3) is 0 Å². The van der Waals surface area contributed by atoms with Crippen LogP contribution in [0.25, 0.3) is 0 Å². The highest BCUT2D eigenvalue weighted by atomic mass is 16.5. The summed E-state index contributed by atoms with van der Waals surface area (Å²) in [4.78, 5) is 53.9. The first-order valence-corrected chi connectivity index (χ1v) is 11.1. The van der Waals surface area contributed by atoms with Gasteiger partial charge < -0.3 is 9.64 Å². The van der Waals surface area contributed by atoms with E-state index in [1.807, 2.05) is 43.3 Å². The average Bonchev–Trinajstić information content (AvgIpc) is 3.32. The van der Waals surface area contributed by atoms with E-state index < -0.39 is 11.9 Å². The number of hydrogen-bond donors (Lipinski definition) is 0. The monoisotopic (exact) mass is 444 g/mol. The van der Waals surface area contributed by atoms with Crippen molar-refractivity contribution in [2.75, 3.05) is 16.3 Å². The first-order valence-electron chi connectivity index (χ1n) is 11.1. The number of para-hydroxylation sites is 1. The fourth-order valence-electron chi connectivity index (χ4n) is 4.90. The molecule has 0 radical (unpaired) electrons. The molecule has 2 aromatic rings. The first kappa shape index (κ1) is 21.1. The van der Waals surface area contributed by atoms with Crippen molar-refractivity contribution in [1.82, 2.24) is 0 Å². The van der Waals surface area contributed by atoms with Crippen molar-refractivity contribution >= 4 is 35.1 Å². The maximum atomic E-state index is 13.0. The fourth-order valence-corrected chi connectivity index (χ4v) is 4.90. The van der Waals surface area contributed by atoms with E-state index in [-0.39, 0.29) is 48.3 Å². The number of carbonyl (C=O) groups is 4. The molecule has 7 heteroatoms. The molecule has 2 heterocycles. The lowest BCUT2D eigenvalue weighted by atomic mass is 9.82. The highest BCUT2D eigenvalue weighted by Gasteiger charge is 2.48. The van der Waals surface area contributed by atoms with Crippen LogP contribution in [-0.2, 0) is 19.2 Å². The van der Waals surface area contributed by atoms with E-state index >= 15 is 0 Å². The van der Waals surface area contributed by atoms with Crippen LogP contribution in [0.4, 0.5) is 11.4 Å². The molecule has 7 nitrogen and oxygen atoms in total. The smallest absolute Gasteiger partial charge is 0.316 e. The molecule has 3 aliphatic rings. The second-order valence-corrected chi connectivity index (χ2v) is 8.87. The van der Waals surface area contributed by atoms with Crippen LogP contribution in [0.3, 0.4) is 0 Å². The normalized spacial score (nSPS) is 24.7. The molecule has 1 aliphatic carbocycles. The maximum Gasteiger partial charge on any atom is 0.316 e. The number of nitrogens with zero attached hydrogens (tertiary/aromatic N) is 2. The van der Waals surface area contributed by atoms with Crippen molar-refractivity contribution in [3.8, 4) is 5.75 Å². The Morgan fingerprint density at radius 3 is 2.42 bits per heavy atom. The molecule has 0 saturated carbocycles. The molecule has 168 valence electrons. The number of allylic oxidation sites excluding steroid dienone is 2. The standard InChI is InChI=1S/C26H24N2O5/c1-16-10-11-21-22(12-16)25(31)28(24(21)30)19-8-5-9-20(14-19)33-26(32)17-13-23(29)27(15-17)18-6-3-2-4-7-18/h2-10,14,17,21-22H,11-13,15H2,1H3/t17-,21+,22-/m1/s1. The van der Waals surface area contributed by atoms with Crippen molar-refractivity contribution < 1.29 is 23.9 Å². The van der Waals surface area contributed by atoms with Crippen LogP contribution in [0.5, 0.6) is 5.75 Å². The number of hydrogen-bond acceptors (Lipinski definition) is 5. The molecule has 2 aliphatic heterocycles. The van der Waals surface area contributed by atoms with Gasteiger partial charge in [0.2, 0.25) is 17.7 Å². The Labute approximate surface area is 191 Å². The molecule has 0 N–H and O–H groups in total. The van der Waals surface area contributed by atoms with Gasteiger partial charge in [-0.25, -0.2) is 4.90 Å². The number of carbonyl (C=O) groups excluding carboxylic acids is 4. The van der Waals surface area contributed by atoms with Crippen LogP contribution in [0.1, 0.15) is 26.2 Å². The number of ether oxygens (including phenoxy) is 1. The van der Waals surface area contributed by atoms with Crippen LogP contribution < -0.4 is 14.5 Å². The third-order valence-corrected chi connectivity index (χ3v) is 6.64. The Morgan fingerprint density at radius 1 is 0.909 bits per heavy atom. The number of esters is 1. The maximum absolute atomic E-state index is 13.0. The van der Waals surface area contributed by atoms with Gasteiger partial charge in [0.15, 0.2) is 0 Å². The lowest BCUT2D eigenvalue weighted by Gasteiger charge is -2.18. The zero-order valence-electron chi connectivity index (χ0n) is 18.3. The fraction of sp³-hybridized carbons (Fsp3) is 0.308. The van der Waals surface area contributed by atoms with Crippen LogP contribution in [-0.4, -0.2) is 30.2 Å². The van der Waals surface area contributed by atoms with Crippen molar-refractivity contribution in [2.24, 2.45) is 17.8 Å². The molecule has 0 unspecified atom stereocenters. The summed E-state index contributed by atoms with van der Waals surface area (Å²) in [6.45, 7) is 2.23. The molecule has 0 bridgehead atoms. The Morgan fingerprint density at radius 2 is 1.64 bits per heavy atom. The Hall–Kier alpha value is -3.74. The molecular weight excluding hydrogens is 420 g/mol. The minimum absolute atomic E-state index is 0.0756. The number of anilines is 2. The minimum atomic E-state index is -0.590. The van der Waals surface area contributed by atoms with Gasteiger partial charge in [0.1, 0.15) is 5.75 Å². The second kappa shape index (κ2) is 8.31. The van der Waals surface area contributed by atoms with Crippen LogP contribution in [0.15, 0.2) is 66.2 Å². The van der Waals surface area contributed by atoms with Gasteiger partial charge in [-0.3, -0.25) is 19.2 Å². The highest BCUT2D eigenvalue weighted by molar-refractivity contribution is 6.22. The van der Waals surface area contributed by atoms with E-state index in [0.717, 1.165) is 11.3 Å². The number of imide groups is 1. The molecule has 2 saturated heterocycles. The van der Waals surface area contributed by atoms with E-state index in [4.69, 9.17) is 4.74 Å². The van der Waals surface area contributed by atoms with Gasteiger partial charge in [-0.05, 0) is 44.0 Å². The quantitative estimate of drug-likeness (QED) is 0.312. The van der Waals surface area contributed by atoms with Crippen LogP contribution >= 0.6 is 0 Å². The molecule has 0 spiro atoms. The first-order chi connectivity index (χ1) is 15.9. The van der Waals surface area contributed by atoms with Gasteiger partial charge in [-0.2, -0.15) is 0 Å². The lowest BCUT2D eigenvalue weighted by molar-refractivity contribution is -0.139. The van der Waals surface area contributed by atoms with Crippen molar-refractivity contribution in [2.45, 2.75) is 26.2 Å². The summed E-state index contributed by atoms with van der Waals surface area (Å²) in [6, 6.07) is 15.7. The summed E-state index contributed by atoms with van der Waals surface area (Å²) < 4.78 is 5.56. The second-order valence-electron chi connectivity index (χ2n) is 8.87. The van der Waals surface area contributed by atoms with Gasteiger partial charge in [-0.15, -0.1) is 0 Å². The molecular formula is C26H24N2O5. The van der Waals surface area contributed by atoms with Gasteiger partial charge >= 0.3 is 5.97 Å². The summed E-state index contributed by atoms with van der Waals surface area (Å²) in [5.74, 6) is -2.06. The van der Waals surface area contributed by atoms with Crippen molar-refractivity contribution in [3.63, 3.8) is 0 Å². The molecule has 3 atom stereocenters. The lowest BCUT2D eigenvalue weighted by Crippen LogP contribution is -2.31. The zero-order chi connectivity index (χ0) is 23.1. The predicted octanol–water partition coefficient (Wildman–Crippen LogP) is 3.49. The van der Waals surface area contributed by atoms with Gasteiger partial charge in [0, 0.05) is 24.7 Å². The minimum Gasteiger partial charge on any atom is -0.426 e. The topological polar surface area (TPSA) is 84.0 Å². The Kier molecular flexibility index (Phi) is 5.32. The molecule has 3 amide bonds. The molecule has 2 aromatic carbocycles. The average molecular weight is 444 g/mol. The van der Waals surface area contributed by atoms with E-state index in [9.17, 15) is 19.2 Å². The van der Waals surface area contributed by atoms with E-state index in [1.54, 1.807) is 23.1 Å². The summed E-state index contributed by atoms with van der Waals surface area (Å²) in [5.41, 5.74) is 2.27. The van der Waals surface area contributed by atoms with Gasteiger partial charge in [0.05, 0.1) is 23.4 Å². The van der Waals surface area contributed by atoms with Crippen LogP contribution in [0, 0.1) is 17.8 Å². The molecule has 33 heavy (non-hydrogen) atoms. The number of benzene rings is 2. The predicted molar refractivity (Wildman–Crippen MR) is 121 cm³/mol. The summed E-state index contributed by atoms with van der Waals surface area (Å²) >= 11 is 0. The van der Waals surface area contributed by atoms with Gasteiger partial charge in [-0.1, -0.05) is 35.9 Å². The molecule has 5 rings (SSSR count). The zero-order valence-corrected chi connectivity index (χ0v) is 18.3. The van der Waals surface area contributed by atoms with E-state index in [1.165, 1.54) is 11.0 Å². The summed E-state index contributed by atoms with van der Waals surface area (Å²) in [6.07, 6.45) is 3.26. The summed E-state index contributed by atoms with van der Waals surface area (Å²) in [7, 11) is 0.